The molecule has 1 N–H and O–H groups in total. The van der Waals surface area contributed by atoms with Gasteiger partial charge in [0.15, 0.2) is 0 Å². The van der Waals surface area contributed by atoms with E-state index in [0.29, 0.717) is 25.8 Å². The molecule has 1 aliphatic rings. The molecular weight excluding hydrogens is 288 g/mol. The Morgan fingerprint density at radius 1 is 1.04 bits per heavy atom. The number of carbonyl (C=O) groups excluding carboxylic acids is 2. The third-order valence-electron chi connectivity index (χ3n) is 4.09. The highest BCUT2D eigenvalue weighted by molar-refractivity contribution is 6.01. The lowest BCUT2D eigenvalue weighted by molar-refractivity contribution is -0.126. The average Bonchev–Trinajstić information content (AvgIpc) is 2.95. The van der Waals surface area contributed by atoms with Crippen molar-refractivity contribution in [3.63, 3.8) is 0 Å². The Labute approximate surface area is 136 Å². The Hall–Kier alpha value is -2.62. The van der Waals surface area contributed by atoms with Crippen LogP contribution in [0.15, 0.2) is 60.7 Å². The van der Waals surface area contributed by atoms with Gasteiger partial charge in [-0.2, -0.15) is 0 Å². The number of para-hydroxylation sites is 1. The molecule has 4 nitrogen and oxygen atoms in total. The summed E-state index contributed by atoms with van der Waals surface area (Å²) < 4.78 is 0. The van der Waals surface area contributed by atoms with Crippen LogP contribution in [0, 0.1) is 0 Å². The molecule has 1 heterocycles. The quantitative estimate of drug-likeness (QED) is 0.923. The zero-order valence-corrected chi connectivity index (χ0v) is 12.9. The van der Waals surface area contributed by atoms with Gasteiger partial charge in [0.25, 0.3) is 0 Å². The lowest BCUT2D eigenvalue weighted by Crippen LogP contribution is -2.41. The highest BCUT2D eigenvalue weighted by Gasteiger charge is 2.33. The first-order valence-corrected chi connectivity index (χ1v) is 7.94. The molecule has 4 heteroatoms. The van der Waals surface area contributed by atoms with Crippen molar-refractivity contribution in [1.82, 2.24) is 5.32 Å². The minimum absolute atomic E-state index is 0.0238. The van der Waals surface area contributed by atoms with Crippen LogP contribution in [0.5, 0.6) is 0 Å². The second kappa shape index (κ2) is 7.09. The number of hydrogen-bond acceptors (Lipinski definition) is 2. The highest BCUT2D eigenvalue weighted by Crippen LogP contribution is 2.21. The van der Waals surface area contributed by atoms with Gasteiger partial charge in [-0.1, -0.05) is 48.5 Å². The molecule has 1 aliphatic heterocycles. The van der Waals surface area contributed by atoms with Crippen LogP contribution < -0.4 is 10.2 Å². The van der Waals surface area contributed by atoms with Crippen molar-refractivity contribution in [2.24, 2.45) is 0 Å². The van der Waals surface area contributed by atoms with Crippen LogP contribution >= 0.6 is 0 Å². The fourth-order valence-electron chi connectivity index (χ4n) is 2.85. The van der Waals surface area contributed by atoms with Crippen LogP contribution in [0.4, 0.5) is 5.69 Å². The molecule has 0 unspecified atom stereocenters. The average molecular weight is 308 g/mol. The SMILES string of the molecule is O=C(CCc1ccccc1)N[C@H]1CCN(c2ccccc2)C1=O. The third kappa shape index (κ3) is 3.77. The molecule has 2 amide bonds. The zero-order chi connectivity index (χ0) is 16.1. The molecule has 2 aromatic rings. The molecule has 118 valence electrons. The Morgan fingerprint density at radius 2 is 1.70 bits per heavy atom. The summed E-state index contributed by atoms with van der Waals surface area (Å²) in [6.45, 7) is 0.645. The number of hydrogen-bond donors (Lipinski definition) is 1. The molecule has 0 saturated carbocycles. The molecule has 0 spiro atoms. The first-order valence-electron chi connectivity index (χ1n) is 7.94. The summed E-state index contributed by atoms with van der Waals surface area (Å²) in [6, 6.07) is 19.1. The van der Waals surface area contributed by atoms with E-state index in [9.17, 15) is 9.59 Å². The fraction of sp³-hybridized carbons (Fsp3) is 0.263. The number of carbonyl (C=O) groups is 2. The van der Waals surface area contributed by atoms with Crippen LogP contribution in [-0.4, -0.2) is 24.4 Å². The van der Waals surface area contributed by atoms with Gasteiger partial charge in [-0.3, -0.25) is 9.59 Å². The maximum Gasteiger partial charge on any atom is 0.249 e. The van der Waals surface area contributed by atoms with E-state index in [1.165, 1.54) is 0 Å². The Bertz CT molecular complexity index is 670. The molecule has 2 aromatic carbocycles. The molecule has 0 radical (unpaired) electrons. The lowest BCUT2D eigenvalue weighted by atomic mass is 10.1. The molecule has 3 rings (SSSR count). The largest absolute Gasteiger partial charge is 0.344 e. The summed E-state index contributed by atoms with van der Waals surface area (Å²) in [6.07, 6.45) is 1.75. The van der Waals surface area contributed by atoms with Crippen LogP contribution in [0.1, 0.15) is 18.4 Å². The van der Waals surface area contributed by atoms with Crippen molar-refractivity contribution in [2.75, 3.05) is 11.4 Å². The number of rotatable bonds is 5. The topological polar surface area (TPSA) is 49.4 Å². The summed E-state index contributed by atoms with van der Waals surface area (Å²) >= 11 is 0. The predicted molar refractivity (Wildman–Crippen MR) is 90.1 cm³/mol. The normalized spacial score (nSPS) is 17.3. The second-order valence-electron chi connectivity index (χ2n) is 5.72. The maximum absolute atomic E-state index is 12.4. The molecule has 0 aromatic heterocycles. The van der Waals surface area contributed by atoms with Gasteiger partial charge in [-0.15, -0.1) is 0 Å². The summed E-state index contributed by atoms with van der Waals surface area (Å²) in [5.41, 5.74) is 2.02. The van der Waals surface area contributed by atoms with Gasteiger partial charge in [0, 0.05) is 18.7 Å². The first-order chi connectivity index (χ1) is 11.2. The number of anilines is 1. The highest BCUT2D eigenvalue weighted by atomic mass is 16.2. The minimum Gasteiger partial charge on any atom is -0.344 e. The number of amides is 2. The van der Waals surface area contributed by atoms with Crippen molar-refractivity contribution >= 4 is 17.5 Å². The number of aryl methyl sites for hydroxylation is 1. The second-order valence-corrected chi connectivity index (χ2v) is 5.72. The molecular formula is C19H20N2O2. The number of nitrogens with zero attached hydrogens (tertiary/aromatic N) is 1. The summed E-state index contributed by atoms with van der Waals surface area (Å²) in [7, 11) is 0. The molecule has 1 saturated heterocycles. The Morgan fingerprint density at radius 3 is 2.39 bits per heavy atom. The monoisotopic (exact) mass is 308 g/mol. The van der Waals surface area contributed by atoms with Crippen LogP contribution in [-0.2, 0) is 16.0 Å². The van der Waals surface area contributed by atoms with E-state index in [1.54, 1.807) is 4.90 Å². The van der Waals surface area contributed by atoms with E-state index in [1.807, 2.05) is 60.7 Å². The third-order valence-corrected chi connectivity index (χ3v) is 4.09. The smallest absolute Gasteiger partial charge is 0.249 e. The van der Waals surface area contributed by atoms with Crippen LogP contribution in [0.3, 0.4) is 0 Å². The summed E-state index contributed by atoms with van der Waals surface area (Å²) in [5.74, 6) is -0.0913. The van der Waals surface area contributed by atoms with Gasteiger partial charge in [0.2, 0.25) is 11.8 Å². The van der Waals surface area contributed by atoms with Gasteiger partial charge >= 0.3 is 0 Å². The Balaban J connectivity index is 1.52. The van der Waals surface area contributed by atoms with E-state index in [-0.39, 0.29) is 11.8 Å². The molecule has 23 heavy (non-hydrogen) atoms. The number of nitrogens with one attached hydrogen (secondary N) is 1. The molecule has 1 atom stereocenters. The van der Waals surface area contributed by atoms with E-state index in [2.05, 4.69) is 5.32 Å². The fourth-order valence-corrected chi connectivity index (χ4v) is 2.85. The predicted octanol–water partition coefficient (Wildman–Crippen LogP) is 2.54. The van der Waals surface area contributed by atoms with Crippen molar-refractivity contribution in [2.45, 2.75) is 25.3 Å². The van der Waals surface area contributed by atoms with E-state index in [0.717, 1.165) is 11.3 Å². The minimum atomic E-state index is -0.404. The van der Waals surface area contributed by atoms with Crippen molar-refractivity contribution in [1.29, 1.82) is 0 Å². The van der Waals surface area contributed by atoms with E-state index >= 15 is 0 Å². The number of benzene rings is 2. The van der Waals surface area contributed by atoms with Gasteiger partial charge in [0.1, 0.15) is 6.04 Å². The van der Waals surface area contributed by atoms with Crippen molar-refractivity contribution in [3.8, 4) is 0 Å². The van der Waals surface area contributed by atoms with Crippen LogP contribution in [0.2, 0.25) is 0 Å². The van der Waals surface area contributed by atoms with Crippen molar-refractivity contribution in [3.05, 3.63) is 66.2 Å². The molecule has 0 bridgehead atoms. The maximum atomic E-state index is 12.4. The first kappa shape index (κ1) is 15.3. The lowest BCUT2D eigenvalue weighted by Gasteiger charge is -2.17. The van der Waals surface area contributed by atoms with Gasteiger partial charge in [-0.05, 0) is 30.5 Å². The Kier molecular flexibility index (Phi) is 4.71. The zero-order valence-electron chi connectivity index (χ0n) is 12.9. The summed E-state index contributed by atoms with van der Waals surface area (Å²) in [5, 5.41) is 2.87. The van der Waals surface area contributed by atoms with Gasteiger partial charge < -0.3 is 10.2 Å². The van der Waals surface area contributed by atoms with Gasteiger partial charge in [-0.25, -0.2) is 0 Å². The van der Waals surface area contributed by atoms with Gasteiger partial charge in [0.05, 0.1) is 0 Å². The van der Waals surface area contributed by atoms with E-state index in [4.69, 9.17) is 0 Å². The molecule has 1 fully saturated rings. The van der Waals surface area contributed by atoms with Crippen LogP contribution in [0.25, 0.3) is 0 Å². The summed E-state index contributed by atoms with van der Waals surface area (Å²) in [4.78, 5) is 26.2. The van der Waals surface area contributed by atoms with Crippen molar-refractivity contribution < 1.29 is 9.59 Å². The standard InChI is InChI=1S/C19H20N2O2/c22-18(12-11-15-7-3-1-4-8-15)20-17-13-14-21(19(17)23)16-9-5-2-6-10-16/h1-10,17H,11-14H2,(H,20,22)/t17-/m0/s1. The van der Waals surface area contributed by atoms with E-state index < -0.39 is 6.04 Å². The molecule has 0 aliphatic carbocycles.